The van der Waals surface area contributed by atoms with Crippen molar-refractivity contribution in [1.82, 2.24) is 15.0 Å². The number of benzene rings is 1. The minimum Gasteiger partial charge on any atom is -0.216 e. The molecule has 1 heterocycles. The number of rotatable bonds is 1. The molecule has 1 aromatic heterocycles. The van der Waals surface area contributed by atoms with Crippen LogP contribution in [0.2, 0.25) is 0 Å². The summed E-state index contributed by atoms with van der Waals surface area (Å²) in [5.41, 5.74) is -0.199. The third-order valence-electron chi connectivity index (χ3n) is 2.01. The second-order valence-electron chi connectivity index (χ2n) is 3.15. The number of alkyl halides is 3. The fourth-order valence-corrected chi connectivity index (χ4v) is 1.48. The van der Waals surface area contributed by atoms with Crippen molar-refractivity contribution in [2.75, 3.05) is 0 Å². The van der Waals surface area contributed by atoms with Crippen LogP contribution in [0.4, 0.5) is 13.2 Å². The molecular weight excluding hydrogens is 299 g/mol. The molecule has 7 heteroatoms. The Morgan fingerprint density at radius 2 is 1.65 bits per heavy atom. The van der Waals surface area contributed by atoms with Gasteiger partial charge in [-0.3, -0.25) is 0 Å². The Morgan fingerprint density at radius 3 is 2.18 bits per heavy atom. The molecule has 0 aliphatic carbocycles. The Balaban J connectivity index is 2.36. The summed E-state index contributed by atoms with van der Waals surface area (Å²) < 4.78 is 37.3. The first-order chi connectivity index (χ1) is 7.97. The SMILES string of the molecule is FC(F)(F)c1ccc(-c2ncnc(Br)n2)cc1. The van der Waals surface area contributed by atoms with Crippen molar-refractivity contribution in [2.24, 2.45) is 0 Å². The van der Waals surface area contributed by atoms with Crippen LogP contribution in [-0.2, 0) is 6.18 Å². The summed E-state index contributed by atoms with van der Waals surface area (Å²) in [6, 6.07) is 4.63. The summed E-state index contributed by atoms with van der Waals surface area (Å²) in [6.07, 6.45) is -3.05. The molecule has 0 radical (unpaired) electrons. The topological polar surface area (TPSA) is 38.7 Å². The lowest BCUT2D eigenvalue weighted by Crippen LogP contribution is -2.04. The lowest BCUT2D eigenvalue weighted by molar-refractivity contribution is -0.137. The van der Waals surface area contributed by atoms with Gasteiger partial charge in [-0.2, -0.15) is 13.2 Å². The van der Waals surface area contributed by atoms with Crippen molar-refractivity contribution in [3.8, 4) is 11.4 Å². The lowest BCUT2D eigenvalue weighted by atomic mass is 10.1. The fourth-order valence-electron chi connectivity index (χ4n) is 1.22. The van der Waals surface area contributed by atoms with Gasteiger partial charge in [0.2, 0.25) is 0 Å². The van der Waals surface area contributed by atoms with E-state index in [1.54, 1.807) is 0 Å². The van der Waals surface area contributed by atoms with Crippen LogP contribution in [0.25, 0.3) is 11.4 Å². The summed E-state index contributed by atoms with van der Waals surface area (Å²) in [5.74, 6) is 0.320. The van der Waals surface area contributed by atoms with E-state index in [-0.39, 0.29) is 0 Å². The van der Waals surface area contributed by atoms with E-state index in [1.807, 2.05) is 0 Å². The zero-order chi connectivity index (χ0) is 12.5. The van der Waals surface area contributed by atoms with Gasteiger partial charge < -0.3 is 0 Å². The van der Waals surface area contributed by atoms with E-state index in [0.29, 0.717) is 16.1 Å². The van der Waals surface area contributed by atoms with Gasteiger partial charge in [-0.25, -0.2) is 15.0 Å². The van der Waals surface area contributed by atoms with E-state index in [2.05, 4.69) is 30.9 Å². The van der Waals surface area contributed by atoms with E-state index in [0.717, 1.165) is 12.1 Å². The van der Waals surface area contributed by atoms with Crippen molar-refractivity contribution in [3.05, 3.63) is 40.9 Å². The van der Waals surface area contributed by atoms with Gasteiger partial charge in [0, 0.05) is 5.56 Å². The average molecular weight is 304 g/mol. The fraction of sp³-hybridized carbons (Fsp3) is 0.100. The summed E-state index contributed by atoms with van der Waals surface area (Å²) in [4.78, 5) is 11.6. The molecule has 1 aromatic carbocycles. The van der Waals surface area contributed by atoms with Crippen LogP contribution in [0.3, 0.4) is 0 Å². The second kappa shape index (κ2) is 4.40. The minimum absolute atomic E-state index is 0.320. The Kier molecular flexibility index (Phi) is 3.10. The molecule has 88 valence electrons. The number of nitrogens with zero attached hydrogens (tertiary/aromatic N) is 3. The number of halogens is 4. The van der Waals surface area contributed by atoms with Crippen LogP contribution in [0, 0.1) is 0 Å². The number of aromatic nitrogens is 3. The van der Waals surface area contributed by atoms with Gasteiger partial charge in [0.25, 0.3) is 0 Å². The van der Waals surface area contributed by atoms with Crippen LogP contribution >= 0.6 is 15.9 Å². The summed E-state index contributed by atoms with van der Waals surface area (Å²) in [7, 11) is 0. The Bertz CT molecular complexity index is 525. The van der Waals surface area contributed by atoms with Crippen LogP contribution in [-0.4, -0.2) is 15.0 Å². The lowest BCUT2D eigenvalue weighted by Gasteiger charge is -2.06. The first-order valence-electron chi connectivity index (χ1n) is 4.49. The van der Waals surface area contributed by atoms with Gasteiger partial charge in [-0.05, 0) is 28.1 Å². The quantitative estimate of drug-likeness (QED) is 0.811. The van der Waals surface area contributed by atoms with Crippen molar-refractivity contribution in [3.63, 3.8) is 0 Å². The molecule has 0 fully saturated rings. The number of hydrogen-bond donors (Lipinski definition) is 0. The van der Waals surface area contributed by atoms with Crippen LogP contribution < -0.4 is 0 Å². The van der Waals surface area contributed by atoms with Crippen molar-refractivity contribution in [2.45, 2.75) is 6.18 Å². The third-order valence-corrected chi connectivity index (χ3v) is 2.39. The highest BCUT2D eigenvalue weighted by molar-refractivity contribution is 9.10. The summed E-state index contributed by atoms with van der Waals surface area (Å²) in [6.45, 7) is 0. The van der Waals surface area contributed by atoms with Crippen molar-refractivity contribution < 1.29 is 13.2 Å². The molecule has 0 saturated heterocycles. The van der Waals surface area contributed by atoms with Crippen LogP contribution in [0.5, 0.6) is 0 Å². The standard InChI is InChI=1S/C10H5BrF3N3/c11-9-16-5-15-8(17-9)6-1-3-7(4-2-6)10(12,13)14/h1-5H. The molecule has 17 heavy (non-hydrogen) atoms. The normalized spacial score (nSPS) is 11.5. The number of hydrogen-bond acceptors (Lipinski definition) is 3. The predicted octanol–water partition coefficient (Wildman–Crippen LogP) is 3.32. The van der Waals surface area contributed by atoms with E-state index in [9.17, 15) is 13.2 Å². The van der Waals surface area contributed by atoms with Gasteiger partial charge in [0.05, 0.1) is 5.56 Å². The Morgan fingerprint density at radius 1 is 1.00 bits per heavy atom. The smallest absolute Gasteiger partial charge is 0.216 e. The maximum atomic E-state index is 12.3. The van der Waals surface area contributed by atoms with Crippen LogP contribution in [0.1, 0.15) is 5.56 Å². The molecule has 0 saturated carbocycles. The molecule has 0 atom stereocenters. The monoisotopic (exact) mass is 303 g/mol. The maximum absolute atomic E-state index is 12.3. The van der Waals surface area contributed by atoms with Crippen molar-refractivity contribution >= 4 is 15.9 Å². The summed E-state index contributed by atoms with van der Waals surface area (Å²) in [5, 5.41) is 0. The zero-order valence-electron chi connectivity index (χ0n) is 8.24. The van der Waals surface area contributed by atoms with Gasteiger partial charge >= 0.3 is 6.18 Å². The Hall–Kier alpha value is -1.50. The van der Waals surface area contributed by atoms with Gasteiger partial charge in [-0.1, -0.05) is 12.1 Å². The second-order valence-corrected chi connectivity index (χ2v) is 3.86. The van der Waals surface area contributed by atoms with E-state index in [4.69, 9.17) is 0 Å². The molecule has 0 N–H and O–H groups in total. The maximum Gasteiger partial charge on any atom is 0.416 e. The first-order valence-corrected chi connectivity index (χ1v) is 5.28. The highest BCUT2D eigenvalue weighted by atomic mass is 79.9. The molecule has 2 rings (SSSR count). The third kappa shape index (κ3) is 2.79. The molecule has 2 aromatic rings. The highest BCUT2D eigenvalue weighted by Gasteiger charge is 2.30. The molecule has 0 bridgehead atoms. The van der Waals surface area contributed by atoms with Crippen LogP contribution in [0.15, 0.2) is 35.3 Å². The Labute approximate surface area is 103 Å². The van der Waals surface area contributed by atoms with Gasteiger partial charge in [0.15, 0.2) is 10.6 Å². The molecule has 0 aliphatic heterocycles. The largest absolute Gasteiger partial charge is 0.416 e. The predicted molar refractivity (Wildman–Crippen MR) is 58.0 cm³/mol. The van der Waals surface area contributed by atoms with Gasteiger partial charge in [-0.15, -0.1) is 0 Å². The summed E-state index contributed by atoms with van der Waals surface area (Å²) >= 11 is 3.06. The molecule has 0 aliphatic rings. The molecule has 0 unspecified atom stereocenters. The highest BCUT2D eigenvalue weighted by Crippen LogP contribution is 2.30. The first kappa shape index (κ1) is 12.0. The van der Waals surface area contributed by atoms with Gasteiger partial charge in [0.1, 0.15) is 6.33 Å². The molecule has 0 spiro atoms. The van der Waals surface area contributed by atoms with E-state index >= 15 is 0 Å². The minimum atomic E-state index is -4.34. The molecule has 3 nitrogen and oxygen atoms in total. The van der Waals surface area contributed by atoms with E-state index < -0.39 is 11.7 Å². The zero-order valence-corrected chi connectivity index (χ0v) is 9.83. The molecular formula is C10H5BrF3N3. The average Bonchev–Trinajstić information content (AvgIpc) is 2.28. The van der Waals surface area contributed by atoms with E-state index in [1.165, 1.54) is 18.5 Å². The molecule has 0 amide bonds. The van der Waals surface area contributed by atoms with Crippen molar-refractivity contribution in [1.29, 1.82) is 0 Å².